The summed E-state index contributed by atoms with van der Waals surface area (Å²) in [6.45, 7) is 7.71. The van der Waals surface area contributed by atoms with E-state index in [1.54, 1.807) is 0 Å². The maximum atomic E-state index is 6.50. The lowest BCUT2D eigenvalue weighted by Crippen LogP contribution is -2.46. The van der Waals surface area contributed by atoms with Crippen molar-refractivity contribution in [2.45, 2.75) is 71.1 Å². The fourth-order valence-electron chi connectivity index (χ4n) is 4.76. The second-order valence-corrected chi connectivity index (χ2v) is 8.40. The lowest BCUT2D eigenvalue weighted by atomic mass is 9.86. The summed E-state index contributed by atoms with van der Waals surface area (Å²) in [5, 5.41) is 11.7. The zero-order chi connectivity index (χ0) is 20.4. The number of hydrogen-bond donors (Lipinski definition) is 2. The van der Waals surface area contributed by atoms with Crippen LogP contribution in [0, 0.1) is 13.8 Å². The van der Waals surface area contributed by atoms with Crippen molar-refractivity contribution < 1.29 is 4.74 Å². The number of ether oxygens (including phenoxy) is 1. The van der Waals surface area contributed by atoms with E-state index in [-0.39, 0.29) is 35.6 Å². The molecule has 1 saturated carbocycles. The van der Waals surface area contributed by atoms with Crippen LogP contribution in [0.25, 0.3) is 0 Å². The van der Waals surface area contributed by atoms with Gasteiger partial charge in [-0.15, -0.1) is 24.0 Å². The summed E-state index contributed by atoms with van der Waals surface area (Å²) in [4.78, 5) is 4.90. The van der Waals surface area contributed by atoms with Crippen LogP contribution < -0.4 is 15.4 Å². The Bertz CT molecular complexity index is 901. The Morgan fingerprint density at radius 1 is 1.27 bits per heavy atom. The third kappa shape index (κ3) is 4.60. The Kier molecular flexibility index (Phi) is 7.31. The van der Waals surface area contributed by atoms with Crippen LogP contribution in [0.15, 0.2) is 29.3 Å². The lowest BCUT2D eigenvalue weighted by Gasteiger charge is -2.40. The summed E-state index contributed by atoms with van der Waals surface area (Å²) in [6, 6.07) is 8.64. The number of guanidine groups is 1. The van der Waals surface area contributed by atoms with Crippen molar-refractivity contribution in [3.8, 4) is 5.75 Å². The van der Waals surface area contributed by atoms with Gasteiger partial charge in [-0.3, -0.25) is 4.68 Å². The Hall–Kier alpha value is -1.77. The normalized spacial score (nSPS) is 19.7. The van der Waals surface area contributed by atoms with Gasteiger partial charge in [-0.25, -0.2) is 4.99 Å². The first-order chi connectivity index (χ1) is 14.0. The number of nitrogens with zero attached hydrogens (tertiary/aromatic N) is 3. The van der Waals surface area contributed by atoms with Crippen LogP contribution >= 0.6 is 24.0 Å². The molecule has 30 heavy (non-hydrogen) atoms. The molecule has 2 aromatic rings. The average Bonchev–Trinajstić information content (AvgIpc) is 3.24. The highest BCUT2D eigenvalue weighted by Gasteiger charge is 2.43. The molecule has 2 N–H and O–H groups in total. The smallest absolute Gasteiger partial charge is 0.192 e. The van der Waals surface area contributed by atoms with E-state index in [1.165, 1.54) is 29.7 Å². The van der Waals surface area contributed by atoms with Crippen molar-refractivity contribution in [2.24, 2.45) is 12.0 Å². The predicted molar refractivity (Wildman–Crippen MR) is 132 cm³/mol. The standard InChI is InChI=1S/C23H33N5O.HI/c1-5-24-22(25-15-19-16(2)27-28(4)17(19)3)26-20-14-23(12-8-9-13-23)29-21-11-7-6-10-18(20)21;/h6-7,10-11,20H,5,8-9,12-15H2,1-4H3,(H2,24,25,26);1H. The molecule has 6 nitrogen and oxygen atoms in total. The van der Waals surface area contributed by atoms with Crippen molar-refractivity contribution in [1.29, 1.82) is 0 Å². The summed E-state index contributed by atoms with van der Waals surface area (Å²) in [5.74, 6) is 1.87. The van der Waals surface area contributed by atoms with Crippen LogP contribution in [0.5, 0.6) is 5.75 Å². The highest BCUT2D eigenvalue weighted by molar-refractivity contribution is 14.0. The van der Waals surface area contributed by atoms with Crippen molar-refractivity contribution >= 4 is 29.9 Å². The van der Waals surface area contributed by atoms with E-state index in [1.807, 2.05) is 11.7 Å². The van der Waals surface area contributed by atoms with Gasteiger partial charge in [0.2, 0.25) is 0 Å². The predicted octanol–water partition coefficient (Wildman–Crippen LogP) is 4.55. The maximum absolute atomic E-state index is 6.50. The molecule has 4 rings (SSSR count). The molecular formula is C23H34IN5O. The van der Waals surface area contributed by atoms with E-state index >= 15 is 0 Å². The van der Waals surface area contributed by atoms with Crippen molar-refractivity contribution in [3.05, 3.63) is 46.8 Å². The number of benzene rings is 1. The molecule has 1 spiro atoms. The number of nitrogens with one attached hydrogen (secondary N) is 2. The van der Waals surface area contributed by atoms with Gasteiger partial charge in [0, 0.05) is 36.8 Å². The second kappa shape index (κ2) is 9.58. The first-order valence-electron chi connectivity index (χ1n) is 10.8. The molecule has 164 valence electrons. The molecule has 1 atom stereocenters. The number of para-hydroxylation sites is 1. The largest absolute Gasteiger partial charge is 0.487 e. The van der Waals surface area contributed by atoms with Gasteiger partial charge in [0.05, 0.1) is 18.3 Å². The number of hydrogen-bond acceptors (Lipinski definition) is 3. The molecule has 1 fully saturated rings. The van der Waals surface area contributed by atoms with E-state index < -0.39 is 0 Å². The minimum Gasteiger partial charge on any atom is -0.487 e. The van der Waals surface area contributed by atoms with E-state index in [0.717, 1.165) is 43.2 Å². The highest BCUT2D eigenvalue weighted by Crippen LogP contribution is 2.46. The zero-order valence-corrected chi connectivity index (χ0v) is 20.8. The lowest BCUT2D eigenvalue weighted by molar-refractivity contribution is 0.0396. The van der Waals surface area contributed by atoms with E-state index in [2.05, 4.69) is 60.8 Å². The van der Waals surface area contributed by atoms with Gasteiger partial charge >= 0.3 is 0 Å². The zero-order valence-electron chi connectivity index (χ0n) is 18.5. The van der Waals surface area contributed by atoms with Gasteiger partial charge in [0.25, 0.3) is 0 Å². The fourth-order valence-corrected chi connectivity index (χ4v) is 4.76. The number of halogens is 1. The van der Waals surface area contributed by atoms with Gasteiger partial charge in [-0.05, 0) is 52.5 Å². The van der Waals surface area contributed by atoms with Crippen LogP contribution in [0.3, 0.4) is 0 Å². The third-order valence-corrected chi connectivity index (χ3v) is 6.42. The minimum atomic E-state index is -0.0279. The number of fused-ring (bicyclic) bond motifs is 1. The number of rotatable bonds is 4. The number of aryl methyl sites for hydroxylation is 2. The fraction of sp³-hybridized carbons (Fsp3) is 0.565. The third-order valence-electron chi connectivity index (χ3n) is 6.42. The summed E-state index contributed by atoms with van der Waals surface area (Å²) in [6.07, 6.45) is 5.77. The molecule has 1 unspecified atom stereocenters. The van der Waals surface area contributed by atoms with Crippen LogP contribution in [0.2, 0.25) is 0 Å². The van der Waals surface area contributed by atoms with Crippen LogP contribution in [0.4, 0.5) is 0 Å². The van der Waals surface area contributed by atoms with Crippen molar-refractivity contribution in [3.63, 3.8) is 0 Å². The van der Waals surface area contributed by atoms with Gasteiger partial charge in [0.1, 0.15) is 11.4 Å². The summed E-state index contributed by atoms with van der Waals surface area (Å²) in [5.41, 5.74) is 4.61. The van der Waals surface area contributed by atoms with Gasteiger partial charge in [-0.1, -0.05) is 18.2 Å². The van der Waals surface area contributed by atoms with Gasteiger partial charge in [0.15, 0.2) is 5.96 Å². The topological polar surface area (TPSA) is 63.5 Å². The summed E-state index contributed by atoms with van der Waals surface area (Å²) >= 11 is 0. The van der Waals surface area contributed by atoms with Crippen LogP contribution in [-0.2, 0) is 13.6 Å². The van der Waals surface area contributed by atoms with E-state index in [0.29, 0.717) is 6.54 Å². The van der Waals surface area contributed by atoms with Crippen LogP contribution in [0.1, 0.15) is 67.6 Å². The molecule has 0 amide bonds. The van der Waals surface area contributed by atoms with Crippen molar-refractivity contribution in [1.82, 2.24) is 20.4 Å². The first-order valence-corrected chi connectivity index (χ1v) is 10.8. The van der Waals surface area contributed by atoms with Crippen LogP contribution in [-0.4, -0.2) is 27.9 Å². The average molecular weight is 523 g/mol. The number of aliphatic imine (C=N–C) groups is 1. The summed E-state index contributed by atoms with van der Waals surface area (Å²) in [7, 11) is 1.99. The minimum absolute atomic E-state index is 0. The molecule has 2 heterocycles. The number of aromatic nitrogens is 2. The highest BCUT2D eigenvalue weighted by atomic mass is 127. The molecule has 0 saturated heterocycles. The molecule has 1 aromatic heterocycles. The molecular weight excluding hydrogens is 489 g/mol. The molecule has 0 bridgehead atoms. The second-order valence-electron chi connectivity index (χ2n) is 8.40. The molecule has 1 aliphatic carbocycles. The van der Waals surface area contributed by atoms with Gasteiger partial charge < -0.3 is 15.4 Å². The SMILES string of the molecule is CCNC(=NCc1c(C)nn(C)c1C)NC1CC2(CCCC2)Oc2ccccc21.I. The molecule has 2 aliphatic rings. The van der Waals surface area contributed by atoms with E-state index in [4.69, 9.17) is 9.73 Å². The molecule has 7 heteroatoms. The Balaban J connectivity index is 0.00000256. The monoisotopic (exact) mass is 523 g/mol. The summed E-state index contributed by atoms with van der Waals surface area (Å²) < 4.78 is 8.43. The van der Waals surface area contributed by atoms with Gasteiger partial charge in [-0.2, -0.15) is 5.10 Å². The Morgan fingerprint density at radius 2 is 2.00 bits per heavy atom. The Labute approximate surface area is 196 Å². The maximum Gasteiger partial charge on any atom is 0.192 e. The molecule has 0 radical (unpaired) electrons. The Morgan fingerprint density at radius 3 is 2.67 bits per heavy atom. The van der Waals surface area contributed by atoms with E-state index in [9.17, 15) is 0 Å². The molecule has 1 aromatic carbocycles. The van der Waals surface area contributed by atoms with Crippen molar-refractivity contribution in [2.75, 3.05) is 6.54 Å². The molecule has 1 aliphatic heterocycles. The first kappa shape index (κ1) is 22.9. The quantitative estimate of drug-likeness (QED) is 0.351.